The van der Waals surface area contributed by atoms with Gasteiger partial charge in [0, 0.05) is 0 Å². The van der Waals surface area contributed by atoms with Crippen LogP contribution in [0.3, 0.4) is 0 Å². The van der Waals surface area contributed by atoms with E-state index in [1.165, 1.54) is 6.42 Å². The van der Waals surface area contributed by atoms with Gasteiger partial charge >= 0.3 is 0 Å². The summed E-state index contributed by atoms with van der Waals surface area (Å²) in [6.07, 6.45) is 3.37. The summed E-state index contributed by atoms with van der Waals surface area (Å²) in [6, 6.07) is 0. The van der Waals surface area contributed by atoms with Gasteiger partial charge in [0.2, 0.25) is 0 Å². The first-order valence-electron chi connectivity index (χ1n) is 3.74. The number of rotatable bonds is 1. The van der Waals surface area contributed by atoms with Crippen molar-refractivity contribution in [2.75, 3.05) is 6.54 Å². The maximum atomic E-state index is 6.02. The first-order valence-corrected chi connectivity index (χ1v) is 4.61. The highest BCUT2D eigenvalue weighted by molar-refractivity contribution is 6.30. The second-order valence-corrected chi connectivity index (χ2v) is 3.95. The lowest BCUT2D eigenvalue weighted by Gasteiger charge is -2.29. The van der Waals surface area contributed by atoms with Gasteiger partial charge in [-0.2, -0.15) is 0 Å². The second-order valence-electron chi connectivity index (χ2n) is 2.89. The van der Waals surface area contributed by atoms with Crippen molar-refractivity contribution in [3.8, 4) is 0 Å². The van der Waals surface area contributed by atoms with Gasteiger partial charge in [0.25, 0.3) is 0 Å². The van der Waals surface area contributed by atoms with Crippen LogP contribution in [0.15, 0.2) is 0 Å². The molecule has 0 aromatic rings. The van der Waals surface area contributed by atoms with Crippen LogP contribution in [-0.2, 0) is 0 Å². The molecule has 0 amide bonds. The van der Waals surface area contributed by atoms with Crippen LogP contribution in [0, 0.1) is 5.92 Å². The molecule has 3 heteroatoms. The summed E-state index contributed by atoms with van der Waals surface area (Å²) in [5, 5.41) is 0.240. The van der Waals surface area contributed by atoms with E-state index in [9.17, 15) is 0 Å². The summed E-state index contributed by atoms with van der Waals surface area (Å²) in [6.45, 7) is 0.678. The highest BCUT2D eigenvalue weighted by Crippen LogP contribution is 2.31. The molecule has 0 spiro atoms. The molecule has 60 valence electrons. The fourth-order valence-electron chi connectivity index (χ4n) is 1.44. The molecule has 1 aliphatic rings. The Morgan fingerprint density at radius 1 is 1.30 bits per heavy atom. The molecule has 0 aromatic carbocycles. The average Bonchev–Trinajstić information content (AvgIpc) is 1.95. The Kier molecular flexibility index (Phi) is 3.28. The topological polar surface area (TPSA) is 26.0 Å². The lowest BCUT2D eigenvalue weighted by molar-refractivity contribution is 0.378. The molecule has 10 heavy (non-hydrogen) atoms. The largest absolute Gasteiger partial charge is 0.330 e. The molecule has 1 saturated carbocycles. The lowest BCUT2D eigenvalue weighted by Crippen LogP contribution is -2.34. The van der Waals surface area contributed by atoms with Crippen LogP contribution in [0.2, 0.25) is 0 Å². The quantitative estimate of drug-likeness (QED) is 0.616. The van der Waals surface area contributed by atoms with Gasteiger partial charge in [-0.25, -0.2) is 0 Å². The molecule has 0 bridgehead atoms. The Morgan fingerprint density at radius 2 is 2.00 bits per heavy atom. The van der Waals surface area contributed by atoms with Crippen LogP contribution in [0.4, 0.5) is 0 Å². The molecule has 0 heterocycles. The third-order valence-electron chi connectivity index (χ3n) is 2.15. The SMILES string of the molecule is NCC1CCCC(Cl)C1Cl. The van der Waals surface area contributed by atoms with Crippen LogP contribution >= 0.6 is 23.2 Å². The molecule has 2 N–H and O–H groups in total. The van der Waals surface area contributed by atoms with E-state index in [2.05, 4.69) is 0 Å². The van der Waals surface area contributed by atoms with Gasteiger partial charge < -0.3 is 5.73 Å². The van der Waals surface area contributed by atoms with Crippen molar-refractivity contribution in [3.05, 3.63) is 0 Å². The molecular formula is C7H13Cl2N. The van der Waals surface area contributed by atoms with Gasteiger partial charge in [-0.1, -0.05) is 6.42 Å². The summed E-state index contributed by atoms with van der Waals surface area (Å²) in [4.78, 5) is 0. The number of hydrogen-bond donors (Lipinski definition) is 1. The van der Waals surface area contributed by atoms with Gasteiger partial charge in [-0.05, 0) is 25.3 Å². The molecule has 3 atom stereocenters. The van der Waals surface area contributed by atoms with E-state index in [0.29, 0.717) is 12.5 Å². The molecule has 0 aliphatic heterocycles. The molecule has 1 nitrogen and oxygen atoms in total. The number of hydrogen-bond acceptors (Lipinski definition) is 1. The van der Waals surface area contributed by atoms with Crippen molar-refractivity contribution in [1.82, 2.24) is 0 Å². The zero-order chi connectivity index (χ0) is 7.56. The van der Waals surface area contributed by atoms with E-state index in [-0.39, 0.29) is 10.8 Å². The molecular weight excluding hydrogens is 169 g/mol. The van der Waals surface area contributed by atoms with Crippen LogP contribution in [0.1, 0.15) is 19.3 Å². The molecule has 0 saturated heterocycles. The fraction of sp³-hybridized carbons (Fsp3) is 1.00. The monoisotopic (exact) mass is 181 g/mol. The Balaban J connectivity index is 2.42. The smallest absolute Gasteiger partial charge is 0.0539 e. The van der Waals surface area contributed by atoms with Crippen molar-refractivity contribution in [2.24, 2.45) is 11.7 Å². The fourth-order valence-corrected chi connectivity index (χ4v) is 2.15. The second kappa shape index (κ2) is 3.80. The van der Waals surface area contributed by atoms with Gasteiger partial charge in [0.15, 0.2) is 0 Å². The molecule has 3 unspecified atom stereocenters. The van der Waals surface area contributed by atoms with E-state index in [1.807, 2.05) is 0 Å². The summed E-state index contributed by atoms with van der Waals surface area (Å²) in [5.41, 5.74) is 5.51. The van der Waals surface area contributed by atoms with Crippen molar-refractivity contribution in [1.29, 1.82) is 0 Å². The lowest BCUT2D eigenvalue weighted by atomic mass is 9.88. The van der Waals surface area contributed by atoms with Crippen LogP contribution in [0.5, 0.6) is 0 Å². The van der Waals surface area contributed by atoms with Crippen molar-refractivity contribution >= 4 is 23.2 Å². The molecule has 1 rings (SSSR count). The highest BCUT2D eigenvalue weighted by Gasteiger charge is 2.29. The molecule has 1 fully saturated rings. The molecule has 0 radical (unpaired) electrons. The van der Waals surface area contributed by atoms with Crippen LogP contribution in [-0.4, -0.2) is 17.3 Å². The number of alkyl halides is 2. The van der Waals surface area contributed by atoms with Gasteiger partial charge in [-0.3, -0.25) is 0 Å². The van der Waals surface area contributed by atoms with E-state index >= 15 is 0 Å². The van der Waals surface area contributed by atoms with Crippen LogP contribution in [0.25, 0.3) is 0 Å². The predicted molar refractivity (Wildman–Crippen MR) is 45.7 cm³/mol. The zero-order valence-corrected chi connectivity index (χ0v) is 7.41. The summed E-state index contributed by atoms with van der Waals surface area (Å²) in [7, 11) is 0. The average molecular weight is 182 g/mol. The predicted octanol–water partition coefficient (Wildman–Crippen LogP) is 1.96. The Hall–Kier alpha value is 0.540. The van der Waals surface area contributed by atoms with Crippen LogP contribution < -0.4 is 5.73 Å². The Bertz CT molecular complexity index is 108. The number of halogens is 2. The van der Waals surface area contributed by atoms with E-state index in [4.69, 9.17) is 28.9 Å². The Labute approximate surface area is 71.9 Å². The minimum absolute atomic E-state index is 0.0976. The van der Waals surface area contributed by atoms with Gasteiger partial charge in [0.1, 0.15) is 0 Å². The Morgan fingerprint density at radius 3 is 2.50 bits per heavy atom. The number of nitrogens with two attached hydrogens (primary N) is 1. The maximum Gasteiger partial charge on any atom is 0.0539 e. The van der Waals surface area contributed by atoms with E-state index in [0.717, 1.165) is 12.8 Å². The van der Waals surface area contributed by atoms with Crippen molar-refractivity contribution in [3.63, 3.8) is 0 Å². The summed E-state index contributed by atoms with van der Waals surface area (Å²) in [5.74, 6) is 0.443. The minimum atomic E-state index is 0.0976. The molecule has 0 aromatic heterocycles. The summed E-state index contributed by atoms with van der Waals surface area (Å²) < 4.78 is 0. The van der Waals surface area contributed by atoms with Gasteiger partial charge in [0.05, 0.1) is 10.8 Å². The first-order chi connectivity index (χ1) is 4.75. The van der Waals surface area contributed by atoms with Gasteiger partial charge in [-0.15, -0.1) is 23.2 Å². The zero-order valence-electron chi connectivity index (χ0n) is 5.89. The van der Waals surface area contributed by atoms with E-state index < -0.39 is 0 Å². The first kappa shape index (κ1) is 8.63. The highest BCUT2D eigenvalue weighted by atomic mass is 35.5. The van der Waals surface area contributed by atoms with E-state index in [1.54, 1.807) is 0 Å². The maximum absolute atomic E-state index is 6.02. The third-order valence-corrected chi connectivity index (χ3v) is 3.43. The normalized spacial score (nSPS) is 41.7. The third kappa shape index (κ3) is 1.77. The molecule has 1 aliphatic carbocycles. The standard InChI is InChI=1S/C7H13Cl2N/c8-6-3-1-2-5(4-10)7(6)9/h5-7H,1-4,10H2. The minimum Gasteiger partial charge on any atom is -0.330 e. The van der Waals surface area contributed by atoms with Crippen molar-refractivity contribution < 1.29 is 0 Å². The summed E-state index contributed by atoms with van der Waals surface area (Å²) >= 11 is 12.0. The van der Waals surface area contributed by atoms with Crippen molar-refractivity contribution in [2.45, 2.75) is 30.0 Å².